The van der Waals surface area contributed by atoms with Crippen LogP contribution in [0, 0.1) is 6.92 Å². The third-order valence-electron chi connectivity index (χ3n) is 4.87. The molecule has 9 heteroatoms. The molecule has 3 aromatic rings. The Morgan fingerprint density at radius 3 is 2.77 bits per heavy atom. The van der Waals surface area contributed by atoms with Gasteiger partial charge in [-0.05, 0) is 55.3 Å². The van der Waals surface area contributed by atoms with Gasteiger partial charge in [0.15, 0.2) is 0 Å². The highest BCUT2D eigenvalue weighted by atomic mass is 19.4. The standard InChI is InChI=1S/C22H19F3N4O2/c1-14-4-2-5-19(27-14)20(28-29-11-3-6-21(29)30)12-15-9-10-26-18-8-7-16(13-17(15)18)31-22(23,24)25/h2,4-5,7-10,13H,3,6,11-12H2,1H3/b28-20-. The Balaban J connectivity index is 1.76. The van der Waals surface area contributed by atoms with Crippen molar-refractivity contribution in [1.29, 1.82) is 0 Å². The number of hydrogen-bond donors (Lipinski definition) is 0. The molecule has 31 heavy (non-hydrogen) atoms. The molecule has 0 saturated carbocycles. The number of aromatic nitrogens is 2. The lowest BCUT2D eigenvalue weighted by Crippen LogP contribution is -2.22. The van der Waals surface area contributed by atoms with Gasteiger partial charge in [-0.15, -0.1) is 13.2 Å². The minimum Gasteiger partial charge on any atom is -0.406 e. The van der Waals surface area contributed by atoms with Gasteiger partial charge in [0.2, 0.25) is 5.91 Å². The van der Waals surface area contributed by atoms with E-state index in [4.69, 9.17) is 0 Å². The number of hydrogen-bond acceptors (Lipinski definition) is 5. The topological polar surface area (TPSA) is 67.7 Å². The second-order valence-corrected chi connectivity index (χ2v) is 7.20. The molecule has 1 aromatic carbocycles. The van der Waals surface area contributed by atoms with Crippen molar-refractivity contribution in [2.24, 2.45) is 5.10 Å². The van der Waals surface area contributed by atoms with Gasteiger partial charge in [0, 0.05) is 36.7 Å². The first-order valence-corrected chi connectivity index (χ1v) is 9.74. The maximum absolute atomic E-state index is 12.7. The van der Waals surface area contributed by atoms with E-state index in [-0.39, 0.29) is 18.1 Å². The Kier molecular flexibility index (Phi) is 5.58. The molecule has 2 aromatic heterocycles. The molecular weight excluding hydrogens is 409 g/mol. The fourth-order valence-electron chi connectivity index (χ4n) is 3.48. The predicted octanol–water partition coefficient (Wildman–Crippen LogP) is 4.41. The summed E-state index contributed by atoms with van der Waals surface area (Å²) in [5.41, 5.74) is 3.17. The zero-order chi connectivity index (χ0) is 22.0. The van der Waals surface area contributed by atoms with E-state index in [0.29, 0.717) is 40.8 Å². The predicted molar refractivity (Wildman–Crippen MR) is 109 cm³/mol. The normalized spacial score (nSPS) is 15.0. The molecule has 1 amide bonds. The molecule has 0 radical (unpaired) electrons. The van der Waals surface area contributed by atoms with Crippen LogP contribution in [0.15, 0.2) is 53.8 Å². The zero-order valence-corrected chi connectivity index (χ0v) is 16.7. The average Bonchev–Trinajstić information content (AvgIpc) is 3.11. The van der Waals surface area contributed by atoms with Crippen molar-refractivity contribution >= 4 is 22.5 Å². The smallest absolute Gasteiger partial charge is 0.406 e. The van der Waals surface area contributed by atoms with E-state index in [1.54, 1.807) is 18.3 Å². The van der Waals surface area contributed by atoms with Gasteiger partial charge in [-0.25, -0.2) is 5.01 Å². The summed E-state index contributed by atoms with van der Waals surface area (Å²) in [6, 6.07) is 11.2. The summed E-state index contributed by atoms with van der Waals surface area (Å²) >= 11 is 0. The number of amides is 1. The SMILES string of the molecule is Cc1cccc(/C(Cc2ccnc3ccc(OC(F)(F)F)cc23)=N\N2CCCC2=O)n1. The van der Waals surface area contributed by atoms with Gasteiger partial charge in [0.25, 0.3) is 0 Å². The fourth-order valence-corrected chi connectivity index (χ4v) is 3.48. The molecule has 1 aliphatic rings. The summed E-state index contributed by atoms with van der Waals surface area (Å²) < 4.78 is 42.1. The lowest BCUT2D eigenvalue weighted by molar-refractivity contribution is -0.274. The van der Waals surface area contributed by atoms with Crippen molar-refractivity contribution in [2.75, 3.05) is 6.54 Å². The third kappa shape index (κ3) is 4.99. The van der Waals surface area contributed by atoms with Crippen LogP contribution < -0.4 is 4.74 Å². The molecule has 1 fully saturated rings. The number of hydrazone groups is 1. The van der Waals surface area contributed by atoms with Crippen molar-refractivity contribution in [3.8, 4) is 5.75 Å². The summed E-state index contributed by atoms with van der Waals surface area (Å²) in [5, 5.41) is 6.50. The van der Waals surface area contributed by atoms with E-state index in [9.17, 15) is 18.0 Å². The van der Waals surface area contributed by atoms with Gasteiger partial charge in [0.05, 0.1) is 16.9 Å². The van der Waals surface area contributed by atoms with Gasteiger partial charge in [-0.3, -0.25) is 14.8 Å². The van der Waals surface area contributed by atoms with Crippen LogP contribution in [0.1, 0.15) is 29.8 Å². The van der Waals surface area contributed by atoms with E-state index in [0.717, 1.165) is 12.1 Å². The summed E-state index contributed by atoms with van der Waals surface area (Å²) in [6.07, 6.45) is -1.77. The molecule has 4 rings (SSSR count). The first kappa shape index (κ1) is 20.8. The lowest BCUT2D eigenvalue weighted by atomic mass is 10.0. The van der Waals surface area contributed by atoms with Crippen LogP contribution in [-0.4, -0.2) is 39.5 Å². The van der Waals surface area contributed by atoms with Gasteiger partial charge in [-0.2, -0.15) is 5.10 Å². The number of aryl methyl sites for hydroxylation is 1. The van der Waals surface area contributed by atoms with Crippen LogP contribution in [0.5, 0.6) is 5.75 Å². The second-order valence-electron chi connectivity index (χ2n) is 7.20. The maximum Gasteiger partial charge on any atom is 0.573 e. The van der Waals surface area contributed by atoms with Crippen molar-refractivity contribution < 1.29 is 22.7 Å². The Bertz CT molecular complexity index is 1160. The number of pyridine rings is 2. The number of nitrogens with zero attached hydrogens (tertiary/aromatic N) is 4. The van der Waals surface area contributed by atoms with Crippen LogP contribution >= 0.6 is 0 Å². The summed E-state index contributed by atoms with van der Waals surface area (Å²) in [6.45, 7) is 2.37. The van der Waals surface area contributed by atoms with Gasteiger partial charge in [0.1, 0.15) is 5.75 Å². The van der Waals surface area contributed by atoms with Crippen molar-refractivity contribution in [3.05, 3.63) is 65.6 Å². The molecule has 3 heterocycles. The molecule has 0 spiro atoms. The van der Waals surface area contributed by atoms with Gasteiger partial charge < -0.3 is 4.74 Å². The van der Waals surface area contributed by atoms with Crippen molar-refractivity contribution in [2.45, 2.75) is 32.5 Å². The number of halogens is 3. The highest BCUT2D eigenvalue weighted by Gasteiger charge is 2.31. The molecule has 1 aliphatic heterocycles. The number of carbonyl (C=O) groups is 1. The first-order valence-electron chi connectivity index (χ1n) is 9.74. The Labute approximate surface area is 176 Å². The number of alkyl halides is 3. The molecule has 0 unspecified atom stereocenters. The quantitative estimate of drug-likeness (QED) is 0.565. The van der Waals surface area contributed by atoms with Gasteiger partial charge in [-0.1, -0.05) is 6.07 Å². The summed E-state index contributed by atoms with van der Waals surface area (Å²) in [4.78, 5) is 20.9. The maximum atomic E-state index is 12.7. The number of rotatable bonds is 5. The molecule has 6 nitrogen and oxygen atoms in total. The summed E-state index contributed by atoms with van der Waals surface area (Å²) in [7, 11) is 0. The minimum atomic E-state index is -4.79. The number of carbonyl (C=O) groups excluding carboxylic acids is 1. The Morgan fingerprint density at radius 1 is 1.23 bits per heavy atom. The van der Waals surface area contributed by atoms with Crippen molar-refractivity contribution in [3.63, 3.8) is 0 Å². The molecule has 0 N–H and O–H groups in total. The van der Waals surface area contributed by atoms with Gasteiger partial charge >= 0.3 is 6.36 Å². The van der Waals surface area contributed by atoms with Crippen LogP contribution in [0.4, 0.5) is 13.2 Å². The average molecular weight is 428 g/mol. The highest BCUT2D eigenvalue weighted by Crippen LogP contribution is 2.28. The Morgan fingerprint density at radius 2 is 2.06 bits per heavy atom. The molecular formula is C22H19F3N4O2. The molecule has 0 bridgehead atoms. The summed E-state index contributed by atoms with van der Waals surface area (Å²) in [5.74, 6) is -0.387. The minimum absolute atomic E-state index is 0.0643. The number of ether oxygens (including phenoxy) is 1. The van der Waals surface area contributed by atoms with E-state index in [2.05, 4.69) is 19.8 Å². The van der Waals surface area contributed by atoms with Crippen molar-refractivity contribution in [1.82, 2.24) is 15.0 Å². The third-order valence-corrected chi connectivity index (χ3v) is 4.87. The first-order chi connectivity index (χ1) is 14.8. The van der Waals surface area contributed by atoms with E-state index < -0.39 is 6.36 Å². The molecule has 160 valence electrons. The fraction of sp³-hybridized carbons (Fsp3) is 0.273. The second kappa shape index (κ2) is 8.33. The van der Waals surface area contributed by atoms with E-state index >= 15 is 0 Å². The lowest BCUT2D eigenvalue weighted by Gasteiger charge is -2.15. The molecule has 0 atom stereocenters. The van der Waals surface area contributed by atoms with Crippen LogP contribution in [-0.2, 0) is 11.2 Å². The van der Waals surface area contributed by atoms with Crippen LogP contribution in [0.3, 0.4) is 0 Å². The molecule has 0 aliphatic carbocycles. The number of fused-ring (bicyclic) bond motifs is 1. The zero-order valence-electron chi connectivity index (χ0n) is 16.7. The number of benzene rings is 1. The van der Waals surface area contributed by atoms with E-state index in [1.807, 2.05) is 19.1 Å². The molecule has 1 saturated heterocycles. The highest BCUT2D eigenvalue weighted by molar-refractivity contribution is 6.02. The van der Waals surface area contributed by atoms with Crippen LogP contribution in [0.25, 0.3) is 10.9 Å². The largest absolute Gasteiger partial charge is 0.573 e. The van der Waals surface area contributed by atoms with E-state index in [1.165, 1.54) is 23.2 Å². The Hall–Kier alpha value is -3.49. The van der Waals surface area contributed by atoms with Crippen LogP contribution in [0.2, 0.25) is 0 Å². The monoisotopic (exact) mass is 428 g/mol.